The number of alkyl halides is 6. The Balaban J connectivity index is 2.22. The van der Waals surface area contributed by atoms with Crippen molar-refractivity contribution in [3.63, 3.8) is 0 Å². The van der Waals surface area contributed by atoms with Gasteiger partial charge in [0.1, 0.15) is 0 Å². The number of rotatable bonds is 3. The average Bonchev–Trinajstić information content (AvgIpc) is 3.09. The third-order valence-corrected chi connectivity index (χ3v) is 3.99. The SMILES string of the molecule is CCn1ncc(NC(=O)N2C[C@@H](C(F)(F)F)[C@H](C(=O)O)C2)c1C(F)(F)F. The number of nitrogens with one attached hydrogen (secondary N) is 1. The van der Waals surface area contributed by atoms with Crippen LogP contribution in [0.2, 0.25) is 0 Å². The van der Waals surface area contributed by atoms with Gasteiger partial charge in [-0.3, -0.25) is 9.48 Å². The van der Waals surface area contributed by atoms with E-state index >= 15 is 0 Å². The maximum absolute atomic E-state index is 13.1. The maximum atomic E-state index is 13.1. The molecule has 1 saturated heterocycles. The lowest BCUT2D eigenvalue weighted by molar-refractivity contribution is -0.187. The van der Waals surface area contributed by atoms with Crippen LogP contribution in [0.25, 0.3) is 0 Å². The summed E-state index contributed by atoms with van der Waals surface area (Å²) in [6, 6.07) is -1.26. The van der Waals surface area contributed by atoms with Gasteiger partial charge in [-0.1, -0.05) is 0 Å². The van der Waals surface area contributed by atoms with E-state index in [1.807, 2.05) is 5.32 Å². The van der Waals surface area contributed by atoms with Crippen LogP contribution in [-0.4, -0.2) is 51.1 Å². The number of aliphatic carboxylic acids is 1. The predicted molar refractivity (Wildman–Crippen MR) is 74.2 cm³/mol. The van der Waals surface area contributed by atoms with Crippen molar-refractivity contribution < 1.29 is 41.0 Å². The fourth-order valence-electron chi connectivity index (χ4n) is 2.76. The Morgan fingerprint density at radius 1 is 1.27 bits per heavy atom. The predicted octanol–water partition coefficient (Wildman–Crippen LogP) is 2.65. The van der Waals surface area contributed by atoms with Crippen molar-refractivity contribution >= 4 is 17.7 Å². The molecule has 1 aromatic rings. The summed E-state index contributed by atoms with van der Waals surface area (Å²) in [5, 5.41) is 14.2. The van der Waals surface area contributed by atoms with E-state index in [1.165, 1.54) is 6.92 Å². The number of urea groups is 1. The first kappa shape index (κ1) is 19.8. The van der Waals surface area contributed by atoms with Gasteiger partial charge in [-0.25, -0.2) is 4.79 Å². The molecule has 1 aliphatic heterocycles. The van der Waals surface area contributed by atoms with Gasteiger partial charge in [0.2, 0.25) is 0 Å². The molecule has 0 spiro atoms. The summed E-state index contributed by atoms with van der Waals surface area (Å²) in [7, 11) is 0. The minimum Gasteiger partial charge on any atom is -0.481 e. The minimum atomic E-state index is -4.86. The zero-order chi connectivity index (χ0) is 19.9. The van der Waals surface area contributed by atoms with E-state index in [9.17, 15) is 35.9 Å². The summed E-state index contributed by atoms with van der Waals surface area (Å²) >= 11 is 0. The summed E-state index contributed by atoms with van der Waals surface area (Å²) in [4.78, 5) is 23.6. The van der Waals surface area contributed by atoms with Crippen LogP contribution in [0.5, 0.6) is 0 Å². The van der Waals surface area contributed by atoms with Gasteiger partial charge in [-0.15, -0.1) is 0 Å². The first-order chi connectivity index (χ1) is 11.9. The number of aromatic nitrogens is 2. The van der Waals surface area contributed by atoms with Crippen molar-refractivity contribution in [1.29, 1.82) is 0 Å². The number of hydrogen-bond donors (Lipinski definition) is 2. The molecule has 26 heavy (non-hydrogen) atoms. The zero-order valence-electron chi connectivity index (χ0n) is 13.2. The third kappa shape index (κ3) is 3.85. The van der Waals surface area contributed by atoms with Crippen LogP contribution in [-0.2, 0) is 17.5 Å². The second-order valence-corrected chi connectivity index (χ2v) is 5.65. The highest BCUT2D eigenvalue weighted by atomic mass is 19.4. The Hall–Kier alpha value is -2.47. The van der Waals surface area contributed by atoms with E-state index in [2.05, 4.69) is 5.10 Å². The van der Waals surface area contributed by atoms with Gasteiger partial charge in [0, 0.05) is 19.6 Å². The molecule has 7 nitrogen and oxygen atoms in total. The van der Waals surface area contributed by atoms with Crippen molar-refractivity contribution in [3.05, 3.63) is 11.9 Å². The van der Waals surface area contributed by atoms with Gasteiger partial charge in [-0.2, -0.15) is 31.4 Å². The normalized spacial score (nSPS) is 21.1. The fraction of sp³-hybridized carbons (Fsp3) is 0.615. The first-order valence-electron chi connectivity index (χ1n) is 7.34. The number of carbonyl (C=O) groups is 2. The summed E-state index contributed by atoms with van der Waals surface area (Å²) in [6.07, 6.45) is -8.98. The second-order valence-electron chi connectivity index (χ2n) is 5.65. The lowest BCUT2D eigenvalue weighted by Crippen LogP contribution is -2.35. The van der Waals surface area contributed by atoms with Crippen molar-refractivity contribution in [3.8, 4) is 0 Å². The number of carboxylic acids is 1. The van der Waals surface area contributed by atoms with E-state index in [1.54, 1.807) is 0 Å². The Bertz CT molecular complexity index is 699. The van der Waals surface area contributed by atoms with E-state index in [4.69, 9.17) is 5.11 Å². The molecule has 0 bridgehead atoms. The topological polar surface area (TPSA) is 87.5 Å². The first-order valence-corrected chi connectivity index (χ1v) is 7.34. The van der Waals surface area contributed by atoms with Crippen LogP contribution in [0.4, 0.5) is 36.8 Å². The average molecular weight is 388 g/mol. The number of likely N-dealkylation sites (tertiary alicyclic amines) is 1. The Morgan fingerprint density at radius 2 is 1.88 bits per heavy atom. The molecule has 1 fully saturated rings. The number of anilines is 1. The molecule has 0 saturated carbocycles. The number of halogens is 6. The van der Waals surface area contributed by atoms with Crippen LogP contribution in [0.15, 0.2) is 6.20 Å². The number of hydrogen-bond acceptors (Lipinski definition) is 3. The molecule has 0 aromatic carbocycles. The molecule has 0 radical (unpaired) electrons. The Morgan fingerprint density at radius 3 is 2.31 bits per heavy atom. The van der Waals surface area contributed by atoms with Crippen LogP contribution in [0.3, 0.4) is 0 Å². The van der Waals surface area contributed by atoms with Gasteiger partial charge in [0.25, 0.3) is 0 Å². The lowest BCUT2D eigenvalue weighted by atomic mass is 9.96. The number of carbonyl (C=O) groups excluding carboxylic acids is 1. The van der Waals surface area contributed by atoms with Crippen LogP contribution in [0.1, 0.15) is 12.6 Å². The van der Waals surface area contributed by atoms with Gasteiger partial charge in [-0.05, 0) is 6.92 Å². The van der Waals surface area contributed by atoms with Crippen molar-refractivity contribution in [2.24, 2.45) is 11.8 Å². The van der Waals surface area contributed by atoms with E-state index < -0.39 is 60.7 Å². The summed E-state index contributed by atoms with van der Waals surface area (Å²) in [6.45, 7) is -0.491. The van der Waals surface area contributed by atoms with Crippen LogP contribution < -0.4 is 5.32 Å². The number of amides is 2. The quantitative estimate of drug-likeness (QED) is 0.780. The minimum absolute atomic E-state index is 0.147. The molecule has 2 rings (SSSR count). The number of nitrogens with zero attached hydrogens (tertiary/aromatic N) is 3. The molecule has 0 unspecified atom stereocenters. The molecular weight excluding hydrogens is 374 g/mol. The molecule has 2 N–H and O–H groups in total. The van der Waals surface area contributed by atoms with Crippen molar-refractivity contribution in [1.82, 2.24) is 14.7 Å². The van der Waals surface area contributed by atoms with Gasteiger partial charge in [0.05, 0.1) is 23.7 Å². The standard InChI is InChI=1S/C13H14F6N4O3/c1-2-23-9(13(17,18)19)8(3-20-23)21-11(26)22-4-6(10(24)25)7(5-22)12(14,15)16/h3,6-7H,2,4-5H2,1H3,(H,21,26)(H,24,25)/t6-,7-/m1/s1. The molecule has 1 aromatic heterocycles. The van der Waals surface area contributed by atoms with Gasteiger partial charge in [0.15, 0.2) is 5.69 Å². The molecular formula is C13H14F6N4O3. The third-order valence-electron chi connectivity index (χ3n) is 3.99. The van der Waals surface area contributed by atoms with E-state index in [-0.39, 0.29) is 6.54 Å². The highest BCUT2D eigenvalue weighted by Crippen LogP contribution is 2.39. The summed E-state index contributed by atoms with van der Waals surface area (Å²) in [5.41, 5.74) is -1.97. The maximum Gasteiger partial charge on any atom is 0.435 e. The summed E-state index contributed by atoms with van der Waals surface area (Å²) < 4.78 is 78.6. The van der Waals surface area contributed by atoms with E-state index in [0.717, 1.165) is 6.20 Å². The van der Waals surface area contributed by atoms with Crippen LogP contribution >= 0.6 is 0 Å². The molecule has 13 heteroatoms. The molecule has 2 amide bonds. The van der Waals surface area contributed by atoms with Crippen LogP contribution in [0, 0.1) is 11.8 Å². The highest BCUT2D eigenvalue weighted by molar-refractivity contribution is 5.90. The number of carboxylic acid groups (broad SMARTS) is 1. The zero-order valence-corrected chi connectivity index (χ0v) is 13.2. The lowest BCUT2D eigenvalue weighted by Gasteiger charge is -2.19. The molecule has 2 heterocycles. The van der Waals surface area contributed by atoms with E-state index in [0.29, 0.717) is 9.58 Å². The van der Waals surface area contributed by atoms with Crippen molar-refractivity contribution in [2.45, 2.75) is 25.8 Å². The van der Waals surface area contributed by atoms with Gasteiger partial charge >= 0.3 is 24.4 Å². The number of aryl methyl sites for hydroxylation is 1. The smallest absolute Gasteiger partial charge is 0.435 e. The monoisotopic (exact) mass is 388 g/mol. The fourth-order valence-corrected chi connectivity index (χ4v) is 2.76. The Labute approximate surface area is 142 Å². The largest absolute Gasteiger partial charge is 0.481 e. The molecule has 146 valence electrons. The van der Waals surface area contributed by atoms with Crippen molar-refractivity contribution in [2.75, 3.05) is 18.4 Å². The highest BCUT2D eigenvalue weighted by Gasteiger charge is 2.53. The molecule has 1 aliphatic rings. The van der Waals surface area contributed by atoms with Gasteiger partial charge < -0.3 is 15.3 Å². The Kier molecular flexibility index (Phi) is 5.10. The summed E-state index contributed by atoms with van der Waals surface area (Å²) in [5.74, 6) is -5.93. The molecule has 0 aliphatic carbocycles. The molecule has 2 atom stereocenters. The second kappa shape index (κ2) is 6.68.